The van der Waals surface area contributed by atoms with Gasteiger partial charge in [0.15, 0.2) is 23.0 Å². The second-order valence-corrected chi connectivity index (χ2v) is 5.93. The summed E-state index contributed by atoms with van der Waals surface area (Å²) in [5, 5.41) is 20.4. The van der Waals surface area contributed by atoms with Crippen molar-refractivity contribution in [3.8, 4) is 23.0 Å². The lowest BCUT2D eigenvalue weighted by atomic mass is 9.91. The minimum atomic E-state index is -1.33. The Hall–Kier alpha value is -3.48. The second-order valence-electron chi connectivity index (χ2n) is 5.93. The predicted octanol–water partition coefficient (Wildman–Crippen LogP) is 1.59. The van der Waals surface area contributed by atoms with Gasteiger partial charge in [0.25, 0.3) is 0 Å². The van der Waals surface area contributed by atoms with E-state index in [0.29, 0.717) is 28.2 Å². The van der Waals surface area contributed by atoms with Crippen LogP contribution in [0.5, 0.6) is 23.0 Å². The molecule has 0 spiro atoms. The van der Waals surface area contributed by atoms with Crippen molar-refractivity contribution in [2.75, 3.05) is 14.2 Å². The third-order valence-electron chi connectivity index (χ3n) is 4.35. The minimum absolute atomic E-state index is 0.0216. The smallest absolute Gasteiger partial charge is 0.166 e. The normalized spacial score (nSPS) is 18.0. The van der Waals surface area contributed by atoms with E-state index in [9.17, 15) is 19.8 Å². The lowest BCUT2D eigenvalue weighted by Gasteiger charge is -2.16. The highest BCUT2D eigenvalue weighted by atomic mass is 16.5. The lowest BCUT2D eigenvalue weighted by Crippen LogP contribution is -2.18. The molecule has 1 N–H and O–H groups in total. The molecule has 2 atom stereocenters. The summed E-state index contributed by atoms with van der Waals surface area (Å²) >= 11 is 0. The number of phenols is 1. The molecule has 2 unspecified atom stereocenters. The first-order chi connectivity index (χ1) is 13.0. The van der Waals surface area contributed by atoms with Gasteiger partial charge in [0, 0.05) is 5.56 Å². The van der Waals surface area contributed by atoms with E-state index in [4.69, 9.17) is 14.2 Å². The Balaban J connectivity index is 2.06. The number of carbonyl (C=O) groups is 2. The standard InChI is InChI=1S/C20H18O7/c1-25-16-9-12(4-5-15(16)22)19-14(10-21)13-7-11(3-6-18(23)24)8-17(26-2)20(13)27-19/h3-10,14,19,22H,1-2H3,(H,23,24)/p-1/b6-3+. The zero-order chi connectivity index (χ0) is 19.6. The predicted molar refractivity (Wildman–Crippen MR) is 93.9 cm³/mol. The molecule has 0 bridgehead atoms. The van der Waals surface area contributed by atoms with E-state index < -0.39 is 18.0 Å². The number of rotatable bonds is 6. The van der Waals surface area contributed by atoms with Gasteiger partial charge in [-0.2, -0.15) is 0 Å². The van der Waals surface area contributed by atoms with Crippen molar-refractivity contribution in [1.82, 2.24) is 0 Å². The van der Waals surface area contributed by atoms with Crippen LogP contribution in [0.1, 0.15) is 28.7 Å². The number of aliphatic carboxylic acids is 1. The van der Waals surface area contributed by atoms with Crippen LogP contribution in [-0.4, -0.2) is 31.6 Å². The number of ether oxygens (including phenoxy) is 3. The van der Waals surface area contributed by atoms with Gasteiger partial charge >= 0.3 is 0 Å². The second kappa shape index (κ2) is 7.41. The summed E-state index contributed by atoms with van der Waals surface area (Å²) in [6.07, 6.45) is 2.38. The zero-order valence-corrected chi connectivity index (χ0v) is 14.7. The number of phenolic OH excluding ortho intramolecular Hbond substituents is 1. The number of carboxylic acid groups (broad SMARTS) is 1. The summed E-state index contributed by atoms with van der Waals surface area (Å²) in [6.45, 7) is 0. The number of carbonyl (C=O) groups excluding carboxylic acids is 2. The highest BCUT2D eigenvalue weighted by Gasteiger charge is 2.38. The molecule has 0 radical (unpaired) electrons. The summed E-state index contributed by atoms with van der Waals surface area (Å²) in [6, 6.07) is 8.00. The quantitative estimate of drug-likeness (QED) is 0.609. The monoisotopic (exact) mass is 369 g/mol. The van der Waals surface area contributed by atoms with Crippen molar-refractivity contribution in [3.63, 3.8) is 0 Å². The molecule has 0 saturated heterocycles. The van der Waals surface area contributed by atoms with E-state index in [1.165, 1.54) is 26.4 Å². The molecule has 0 aliphatic carbocycles. The highest BCUT2D eigenvalue weighted by molar-refractivity contribution is 5.84. The number of benzene rings is 2. The van der Waals surface area contributed by atoms with Gasteiger partial charge in [0.2, 0.25) is 0 Å². The average Bonchev–Trinajstić information content (AvgIpc) is 3.04. The summed E-state index contributed by atoms with van der Waals surface area (Å²) in [5.41, 5.74) is 1.76. The van der Waals surface area contributed by atoms with E-state index >= 15 is 0 Å². The summed E-state index contributed by atoms with van der Waals surface area (Å²) in [5.74, 6) is -0.929. The Bertz CT molecular complexity index is 917. The van der Waals surface area contributed by atoms with Crippen LogP contribution < -0.4 is 19.3 Å². The number of carboxylic acids is 1. The molecule has 0 aromatic heterocycles. The molecule has 2 aromatic carbocycles. The molecular formula is C20H17O7-. The average molecular weight is 369 g/mol. The number of hydrogen-bond donors (Lipinski definition) is 1. The first-order valence-corrected chi connectivity index (χ1v) is 8.08. The summed E-state index contributed by atoms with van der Waals surface area (Å²) in [4.78, 5) is 22.5. The number of hydrogen-bond acceptors (Lipinski definition) is 7. The molecule has 1 aliphatic heterocycles. The molecule has 0 amide bonds. The Morgan fingerprint density at radius 1 is 1.19 bits per heavy atom. The molecule has 1 aliphatic rings. The summed E-state index contributed by atoms with van der Waals surface area (Å²) in [7, 11) is 2.89. The van der Waals surface area contributed by atoms with Crippen molar-refractivity contribution < 1.29 is 34.0 Å². The molecule has 7 nitrogen and oxygen atoms in total. The van der Waals surface area contributed by atoms with Crippen LogP contribution in [0.3, 0.4) is 0 Å². The third-order valence-corrected chi connectivity index (χ3v) is 4.35. The fourth-order valence-corrected chi connectivity index (χ4v) is 3.09. The molecule has 140 valence electrons. The molecule has 2 aromatic rings. The SMILES string of the molecule is COc1cc(C2Oc3c(OC)cc(/C=C/C(=O)[O-])cc3C2C=O)ccc1O. The molecular weight excluding hydrogens is 352 g/mol. The van der Waals surface area contributed by atoms with Gasteiger partial charge in [-0.05, 0) is 41.5 Å². The van der Waals surface area contributed by atoms with Gasteiger partial charge in [0.1, 0.15) is 12.4 Å². The minimum Gasteiger partial charge on any atom is -0.545 e. The summed E-state index contributed by atoms with van der Waals surface area (Å²) < 4.78 is 16.5. The van der Waals surface area contributed by atoms with Gasteiger partial charge in [-0.3, -0.25) is 0 Å². The Kier molecular flexibility index (Phi) is 5.03. The van der Waals surface area contributed by atoms with Crippen LogP contribution in [0.4, 0.5) is 0 Å². The lowest BCUT2D eigenvalue weighted by molar-refractivity contribution is -0.297. The zero-order valence-electron chi connectivity index (χ0n) is 14.7. The van der Waals surface area contributed by atoms with E-state index in [0.717, 1.165) is 12.4 Å². The van der Waals surface area contributed by atoms with Crippen LogP contribution >= 0.6 is 0 Å². The van der Waals surface area contributed by atoms with Crippen molar-refractivity contribution >= 4 is 18.3 Å². The van der Waals surface area contributed by atoms with Gasteiger partial charge in [-0.25, -0.2) is 0 Å². The molecule has 7 heteroatoms. The van der Waals surface area contributed by atoms with E-state index in [-0.39, 0.29) is 11.5 Å². The van der Waals surface area contributed by atoms with Crippen molar-refractivity contribution in [2.45, 2.75) is 12.0 Å². The van der Waals surface area contributed by atoms with Crippen molar-refractivity contribution in [1.29, 1.82) is 0 Å². The molecule has 0 saturated carbocycles. The number of methoxy groups -OCH3 is 2. The van der Waals surface area contributed by atoms with Crippen LogP contribution in [0.15, 0.2) is 36.4 Å². The molecule has 27 heavy (non-hydrogen) atoms. The number of aldehydes is 1. The fraction of sp³-hybridized carbons (Fsp3) is 0.200. The third kappa shape index (κ3) is 3.44. The van der Waals surface area contributed by atoms with Gasteiger partial charge in [0.05, 0.1) is 26.1 Å². The first kappa shape index (κ1) is 18.3. The van der Waals surface area contributed by atoms with Crippen molar-refractivity contribution in [3.05, 3.63) is 53.1 Å². The molecule has 3 rings (SSSR count). The maximum absolute atomic E-state index is 11.8. The van der Waals surface area contributed by atoms with Crippen LogP contribution in [0.25, 0.3) is 6.08 Å². The van der Waals surface area contributed by atoms with Gasteiger partial charge in [-0.1, -0.05) is 12.1 Å². The number of aromatic hydroxyl groups is 1. The molecule has 0 fully saturated rings. The Morgan fingerprint density at radius 2 is 1.93 bits per heavy atom. The Morgan fingerprint density at radius 3 is 2.56 bits per heavy atom. The first-order valence-electron chi connectivity index (χ1n) is 8.08. The maximum atomic E-state index is 11.8. The maximum Gasteiger partial charge on any atom is 0.166 e. The topological polar surface area (TPSA) is 105 Å². The Labute approximate surface area is 155 Å². The van der Waals surface area contributed by atoms with Crippen LogP contribution in [0, 0.1) is 0 Å². The van der Waals surface area contributed by atoms with Crippen LogP contribution in [-0.2, 0) is 9.59 Å². The largest absolute Gasteiger partial charge is 0.545 e. The van der Waals surface area contributed by atoms with Crippen molar-refractivity contribution in [2.24, 2.45) is 0 Å². The van der Waals surface area contributed by atoms with E-state index in [2.05, 4.69) is 0 Å². The van der Waals surface area contributed by atoms with E-state index in [1.807, 2.05) is 0 Å². The highest BCUT2D eigenvalue weighted by Crippen LogP contribution is 2.50. The van der Waals surface area contributed by atoms with Gasteiger partial charge in [-0.15, -0.1) is 0 Å². The van der Waals surface area contributed by atoms with E-state index in [1.54, 1.807) is 24.3 Å². The fourth-order valence-electron chi connectivity index (χ4n) is 3.09. The molecule has 1 heterocycles. The van der Waals surface area contributed by atoms with Gasteiger partial charge < -0.3 is 34.0 Å². The van der Waals surface area contributed by atoms with Crippen LogP contribution in [0.2, 0.25) is 0 Å². The number of fused-ring (bicyclic) bond motifs is 1.